The van der Waals surface area contributed by atoms with E-state index in [1.54, 1.807) is 0 Å². The van der Waals surface area contributed by atoms with Crippen LogP contribution in [0.5, 0.6) is 0 Å². The summed E-state index contributed by atoms with van der Waals surface area (Å²) in [6.07, 6.45) is 0. The van der Waals surface area contributed by atoms with Crippen molar-refractivity contribution in [3.05, 3.63) is 237 Å². The Bertz CT molecular complexity index is 4260. The van der Waals surface area contributed by atoms with E-state index in [1.165, 1.54) is 43.4 Å². The first kappa shape index (κ1) is 38.1. The second-order valence-corrected chi connectivity index (χ2v) is 17.6. The summed E-state index contributed by atoms with van der Waals surface area (Å²) in [5.74, 6) is 0.676. The Morgan fingerprint density at radius 1 is 0.279 bits per heavy atom. The number of aromatic nitrogens is 5. The molecule has 0 amide bonds. The number of fused-ring (bicyclic) bond motifs is 11. The van der Waals surface area contributed by atoms with Crippen LogP contribution >= 0.6 is 0 Å². The molecule has 0 aliphatic rings. The molecular weight excluding hydrogens is 827 g/mol. The molecule has 68 heavy (non-hydrogen) atoms. The van der Waals surface area contributed by atoms with Crippen molar-refractivity contribution in [2.75, 3.05) is 0 Å². The van der Waals surface area contributed by atoms with E-state index in [4.69, 9.17) is 15.0 Å². The number of rotatable bonds is 6. The highest BCUT2D eigenvalue weighted by Gasteiger charge is 2.21. The van der Waals surface area contributed by atoms with Crippen molar-refractivity contribution in [1.82, 2.24) is 24.1 Å². The van der Waals surface area contributed by atoms with Gasteiger partial charge in [0.2, 0.25) is 0 Å². The maximum Gasteiger partial charge on any atom is 0.160 e. The number of para-hydroxylation sites is 4. The van der Waals surface area contributed by atoms with Gasteiger partial charge < -0.3 is 9.13 Å². The van der Waals surface area contributed by atoms with E-state index in [9.17, 15) is 0 Å². The summed E-state index contributed by atoms with van der Waals surface area (Å²) < 4.78 is 4.77. The first-order valence-corrected chi connectivity index (χ1v) is 23.1. The fourth-order valence-corrected chi connectivity index (χ4v) is 10.6. The Morgan fingerprint density at radius 2 is 0.868 bits per heavy atom. The molecule has 0 aliphatic carbocycles. The standard InChI is InChI=1S/C63H39N5/c1-3-17-41(18-4-1)63-65-54(43-20-15-23-47(37-43)68-56-28-13-10-24-48(56)49-25-11-14-29-57(49)68)39-55(66-63)44-32-33-51-59(38-44)67(46-21-5-2-6-22-46)58-35-34-52-60(61(51)58)50-26-9-12-27-53(50)64-62(52)45-31-30-40-16-7-8-19-42(40)36-45/h1-39H. The van der Waals surface area contributed by atoms with Crippen LogP contribution in [-0.4, -0.2) is 24.1 Å². The molecule has 0 atom stereocenters. The van der Waals surface area contributed by atoms with Gasteiger partial charge in [0.1, 0.15) is 0 Å². The second-order valence-electron chi connectivity index (χ2n) is 17.6. The van der Waals surface area contributed by atoms with Crippen LogP contribution in [0.1, 0.15) is 0 Å². The van der Waals surface area contributed by atoms with Crippen molar-refractivity contribution in [2.45, 2.75) is 0 Å². The largest absolute Gasteiger partial charge is 0.309 e. The summed E-state index contributed by atoms with van der Waals surface area (Å²) in [7, 11) is 0. The van der Waals surface area contributed by atoms with Crippen LogP contribution in [0.25, 0.3) is 133 Å². The van der Waals surface area contributed by atoms with Crippen molar-refractivity contribution in [3.8, 4) is 56.5 Å². The van der Waals surface area contributed by atoms with E-state index < -0.39 is 0 Å². The predicted octanol–water partition coefficient (Wildman–Crippen LogP) is 16.2. The zero-order valence-electron chi connectivity index (χ0n) is 36.8. The number of benzene rings is 10. The molecule has 0 radical (unpaired) electrons. The fourth-order valence-electron chi connectivity index (χ4n) is 10.6. The van der Waals surface area contributed by atoms with Gasteiger partial charge in [-0.15, -0.1) is 0 Å². The van der Waals surface area contributed by atoms with Crippen LogP contribution in [0.3, 0.4) is 0 Å². The van der Waals surface area contributed by atoms with Gasteiger partial charge in [0.15, 0.2) is 5.82 Å². The second kappa shape index (κ2) is 15.2. The van der Waals surface area contributed by atoms with Crippen LogP contribution in [-0.2, 0) is 0 Å². The quantitative estimate of drug-likeness (QED) is 0.156. The topological polar surface area (TPSA) is 48.5 Å². The van der Waals surface area contributed by atoms with Crippen molar-refractivity contribution in [2.24, 2.45) is 0 Å². The first-order chi connectivity index (χ1) is 33.7. The highest BCUT2D eigenvalue weighted by molar-refractivity contribution is 6.30. The molecule has 0 bridgehead atoms. The van der Waals surface area contributed by atoms with E-state index in [0.717, 1.165) is 83.4 Å². The molecule has 14 aromatic rings. The number of hydrogen-bond acceptors (Lipinski definition) is 3. The average molecular weight is 866 g/mol. The predicted molar refractivity (Wildman–Crippen MR) is 283 cm³/mol. The number of pyridine rings is 1. The summed E-state index contributed by atoms with van der Waals surface area (Å²) in [4.78, 5) is 16.0. The lowest BCUT2D eigenvalue weighted by Gasteiger charge is -2.13. The smallest absolute Gasteiger partial charge is 0.160 e. The van der Waals surface area contributed by atoms with E-state index in [1.807, 2.05) is 18.2 Å². The lowest BCUT2D eigenvalue weighted by Crippen LogP contribution is -1.98. The molecule has 0 fully saturated rings. The van der Waals surface area contributed by atoms with Crippen LogP contribution in [0, 0.1) is 0 Å². The Hall–Kier alpha value is -9.19. The highest BCUT2D eigenvalue weighted by Crippen LogP contribution is 2.44. The van der Waals surface area contributed by atoms with Gasteiger partial charge >= 0.3 is 0 Å². The fraction of sp³-hybridized carbons (Fsp3) is 0. The molecule has 0 N–H and O–H groups in total. The van der Waals surface area contributed by atoms with Crippen molar-refractivity contribution in [3.63, 3.8) is 0 Å². The SMILES string of the molecule is c1ccc(-c2nc(-c3cccc(-n4c5ccccc5c5ccccc54)c3)cc(-c3ccc4c5c6c(ccc5n(-c5ccccc5)c4c3)c(-c3ccc4ccccc4c3)nc3ccccc36)n2)cc1. The molecule has 0 unspecified atom stereocenters. The molecule has 4 aromatic heterocycles. The Labute approximate surface area is 391 Å². The Kier molecular flexibility index (Phi) is 8.52. The van der Waals surface area contributed by atoms with Crippen LogP contribution in [0.2, 0.25) is 0 Å². The summed E-state index contributed by atoms with van der Waals surface area (Å²) in [6.45, 7) is 0. The minimum atomic E-state index is 0.676. The normalized spacial score (nSPS) is 11.8. The molecule has 5 nitrogen and oxygen atoms in total. The highest BCUT2D eigenvalue weighted by atomic mass is 15.0. The van der Waals surface area contributed by atoms with E-state index in [0.29, 0.717) is 5.82 Å². The van der Waals surface area contributed by atoms with Gasteiger partial charge in [-0.3, -0.25) is 0 Å². The molecule has 14 rings (SSSR count). The van der Waals surface area contributed by atoms with Gasteiger partial charge in [0.05, 0.1) is 44.7 Å². The molecule has 5 heteroatoms. The molecule has 0 saturated carbocycles. The monoisotopic (exact) mass is 865 g/mol. The van der Waals surface area contributed by atoms with Gasteiger partial charge in [0, 0.05) is 71.3 Å². The van der Waals surface area contributed by atoms with Crippen LogP contribution in [0.4, 0.5) is 0 Å². The molecular formula is C63H39N5. The summed E-state index contributed by atoms with van der Waals surface area (Å²) in [5.41, 5.74) is 14.5. The van der Waals surface area contributed by atoms with E-state index in [-0.39, 0.29) is 0 Å². The molecule has 10 aromatic carbocycles. The van der Waals surface area contributed by atoms with E-state index in [2.05, 4.69) is 228 Å². The van der Waals surface area contributed by atoms with Crippen molar-refractivity contribution in [1.29, 1.82) is 0 Å². The third-order valence-corrected chi connectivity index (χ3v) is 13.7. The minimum Gasteiger partial charge on any atom is -0.309 e. The minimum absolute atomic E-state index is 0.676. The lowest BCUT2D eigenvalue weighted by atomic mass is 9.95. The van der Waals surface area contributed by atoms with Crippen LogP contribution in [0.15, 0.2) is 237 Å². The zero-order chi connectivity index (χ0) is 44.7. The third-order valence-electron chi connectivity index (χ3n) is 13.7. The number of hydrogen-bond donors (Lipinski definition) is 0. The summed E-state index contributed by atoms with van der Waals surface area (Å²) in [6, 6.07) is 84.4. The Balaban J connectivity index is 1.00. The van der Waals surface area contributed by atoms with Crippen molar-refractivity contribution >= 4 is 76.1 Å². The molecule has 4 heterocycles. The lowest BCUT2D eigenvalue weighted by molar-refractivity contribution is 1.16. The van der Waals surface area contributed by atoms with Gasteiger partial charge in [0.25, 0.3) is 0 Å². The molecule has 0 spiro atoms. The summed E-state index contributed by atoms with van der Waals surface area (Å²) in [5, 5.41) is 10.7. The third kappa shape index (κ3) is 5.99. The maximum atomic E-state index is 5.38. The average Bonchev–Trinajstić information content (AvgIpc) is 3.93. The Morgan fingerprint density at radius 3 is 1.65 bits per heavy atom. The van der Waals surface area contributed by atoms with Gasteiger partial charge in [-0.25, -0.2) is 15.0 Å². The van der Waals surface area contributed by atoms with Crippen LogP contribution < -0.4 is 0 Å². The summed E-state index contributed by atoms with van der Waals surface area (Å²) >= 11 is 0. The molecule has 316 valence electrons. The first-order valence-electron chi connectivity index (χ1n) is 23.1. The zero-order valence-corrected chi connectivity index (χ0v) is 36.8. The maximum absolute atomic E-state index is 5.38. The molecule has 0 saturated heterocycles. The number of nitrogens with zero attached hydrogens (tertiary/aromatic N) is 5. The van der Waals surface area contributed by atoms with Crippen molar-refractivity contribution < 1.29 is 0 Å². The van der Waals surface area contributed by atoms with Gasteiger partial charge in [-0.05, 0) is 77.5 Å². The van der Waals surface area contributed by atoms with Gasteiger partial charge in [-0.1, -0.05) is 170 Å². The molecule has 0 aliphatic heterocycles. The van der Waals surface area contributed by atoms with Gasteiger partial charge in [-0.2, -0.15) is 0 Å². The van der Waals surface area contributed by atoms with E-state index >= 15 is 0 Å².